The van der Waals surface area contributed by atoms with Crippen LogP contribution in [0.3, 0.4) is 0 Å². The number of carbonyl (C=O) groups is 1. The quantitative estimate of drug-likeness (QED) is 0.613. The zero-order chi connectivity index (χ0) is 11.6. The third-order valence-electron chi connectivity index (χ3n) is 2.00. The summed E-state index contributed by atoms with van der Waals surface area (Å²) < 4.78 is 13.6. The van der Waals surface area contributed by atoms with Crippen LogP contribution < -0.4 is 0 Å². The van der Waals surface area contributed by atoms with Gasteiger partial charge in [0.25, 0.3) is 5.69 Å². The second kappa shape index (κ2) is 3.64. The van der Waals surface area contributed by atoms with Crippen LogP contribution in [-0.4, -0.2) is 16.0 Å². The minimum atomic E-state index is -2.62. The number of nitro benzene ring substituents is 1. The number of aliphatic carboxylic acids is 1. The van der Waals surface area contributed by atoms with Crippen molar-refractivity contribution in [3.8, 4) is 0 Å². The lowest BCUT2D eigenvalue weighted by Gasteiger charge is -2.14. The molecule has 1 unspecified atom stereocenters. The fourth-order valence-electron chi connectivity index (χ4n) is 1.03. The van der Waals surface area contributed by atoms with Crippen LogP contribution in [-0.2, 0) is 10.5 Å². The largest absolute Gasteiger partial charge is 0.479 e. The highest BCUT2D eigenvalue weighted by Gasteiger charge is 2.35. The Morgan fingerprint density at radius 2 is 2.20 bits per heavy atom. The highest BCUT2D eigenvalue weighted by Crippen LogP contribution is 2.28. The molecule has 0 aliphatic carbocycles. The van der Waals surface area contributed by atoms with Crippen LogP contribution in [0.5, 0.6) is 0 Å². The first-order chi connectivity index (χ1) is 6.85. The van der Waals surface area contributed by atoms with E-state index in [1.807, 2.05) is 0 Å². The predicted octanol–water partition coefficient (Wildman–Crippen LogP) is 1.86. The molecule has 0 bridgehead atoms. The van der Waals surface area contributed by atoms with Crippen LogP contribution in [0.2, 0.25) is 0 Å². The van der Waals surface area contributed by atoms with Gasteiger partial charge < -0.3 is 5.11 Å². The third-order valence-corrected chi connectivity index (χ3v) is 2.00. The monoisotopic (exact) mass is 213 g/mol. The normalized spacial score (nSPS) is 14.3. The Morgan fingerprint density at radius 1 is 1.60 bits per heavy atom. The number of hydrogen-bond acceptors (Lipinski definition) is 3. The summed E-state index contributed by atoms with van der Waals surface area (Å²) in [5, 5.41) is 19.0. The van der Waals surface area contributed by atoms with Crippen molar-refractivity contribution in [2.24, 2.45) is 0 Å². The van der Waals surface area contributed by atoms with Gasteiger partial charge >= 0.3 is 5.97 Å². The Labute approximate surface area is 84.3 Å². The number of carboxylic acids is 1. The molecular formula is C9H8FNO4. The molecule has 0 saturated carbocycles. The predicted molar refractivity (Wildman–Crippen MR) is 49.2 cm³/mol. The summed E-state index contributed by atoms with van der Waals surface area (Å²) in [6, 6.07) is 4.52. The SMILES string of the molecule is CC(F)(C(=O)O)c1cccc([N+](=O)[O-])c1. The summed E-state index contributed by atoms with van der Waals surface area (Å²) in [4.78, 5) is 20.2. The number of rotatable bonds is 3. The molecule has 80 valence electrons. The van der Waals surface area contributed by atoms with Gasteiger partial charge in [0.15, 0.2) is 0 Å². The number of non-ortho nitro benzene ring substituents is 1. The van der Waals surface area contributed by atoms with Crippen molar-refractivity contribution in [1.82, 2.24) is 0 Å². The molecule has 6 heteroatoms. The smallest absolute Gasteiger partial charge is 0.345 e. The van der Waals surface area contributed by atoms with Gasteiger partial charge in [0.2, 0.25) is 5.67 Å². The maximum atomic E-state index is 13.6. The maximum Gasteiger partial charge on any atom is 0.345 e. The number of carboxylic acid groups (broad SMARTS) is 1. The van der Waals surface area contributed by atoms with E-state index in [1.54, 1.807) is 0 Å². The minimum absolute atomic E-state index is 0.246. The fraction of sp³-hybridized carbons (Fsp3) is 0.222. The third kappa shape index (κ3) is 2.09. The van der Waals surface area contributed by atoms with Gasteiger partial charge in [0.1, 0.15) is 0 Å². The van der Waals surface area contributed by atoms with Crippen molar-refractivity contribution < 1.29 is 19.2 Å². The van der Waals surface area contributed by atoms with E-state index in [-0.39, 0.29) is 11.3 Å². The van der Waals surface area contributed by atoms with Gasteiger partial charge in [-0.15, -0.1) is 0 Å². The Morgan fingerprint density at radius 3 is 2.67 bits per heavy atom. The van der Waals surface area contributed by atoms with Crippen molar-refractivity contribution in [3.05, 3.63) is 39.9 Å². The zero-order valence-corrected chi connectivity index (χ0v) is 7.81. The molecule has 0 aliphatic heterocycles. The van der Waals surface area contributed by atoms with Gasteiger partial charge in [-0.1, -0.05) is 12.1 Å². The van der Waals surface area contributed by atoms with E-state index in [4.69, 9.17) is 5.11 Å². The molecule has 0 spiro atoms. The first kappa shape index (κ1) is 11.1. The highest BCUT2D eigenvalue weighted by atomic mass is 19.1. The molecule has 5 nitrogen and oxygen atoms in total. The van der Waals surface area contributed by atoms with E-state index >= 15 is 0 Å². The summed E-state index contributed by atoms with van der Waals surface area (Å²) in [5.41, 5.74) is -3.20. The highest BCUT2D eigenvalue weighted by molar-refractivity contribution is 5.79. The van der Waals surface area contributed by atoms with Crippen LogP contribution in [0.1, 0.15) is 12.5 Å². The minimum Gasteiger partial charge on any atom is -0.479 e. The first-order valence-electron chi connectivity index (χ1n) is 4.03. The van der Waals surface area contributed by atoms with E-state index in [2.05, 4.69) is 0 Å². The number of nitro groups is 1. The topological polar surface area (TPSA) is 80.4 Å². The molecule has 1 atom stereocenters. The summed E-state index contributed by atoms with van der Waals surface area (Å²) in [7, 11) is 0. The summed E-state index contributed by atoms with van der Waals surface area (Å²) >= 11 is 0. The molecule has 1 rings (SSSR count). The van der Waals surface area contributed by atoms with Crippen molar-refractivity contribution in [1.29, 1.82) is 0 Å². The Balaban J connectivity index is 3.21. The lowest BCUT2D eigenvalue weighted by atomic mass is 9.98. The Hall–Kier alpha value is -1.98. The lowest BCUT2D eigenvalue weighted by molar-refractivity contribution is -0.385. The molecule has 0 heterocycles. The zero-order valence-electron chi connectivity index (χ0n) is 7.81. The van der Waals surface area contributed by atoms with Crippen molar-refractivity contribution in [3.63, 3.8) is 0 Å². The van der Waals surface area contributed by atoms with Gasteiger partial charge in [0.05, 0.1) is 4.92 Å². The molecule has 0 amide bonds. The van der Waals surface area contributed by atoms with Crippen LogP contribution in [0.15, 0.2) is 24.3 Å². The van der Waals surface area contributed by atoms with Crippen LogP contribution >= 0.6 is 0 Å². The molecule has 1 N–H and O–H groups in total. The van der Waals surface area contributed by atoms with E-state index in [1.165, 1.54) is 18.2 Å². The summed E-state index contributed by atoms with van der Waals surface area (Å²) in [6.45, 7) is 0.842. The van der Waals surface area contributed by atoms with Gasteiger partial charge in [-0.3, -0.25) is 10.1 Å². The molecule has 1 aromatic carbocycles. The average molecular weight is 213 g/mol. The number of hydrogen-bond donors (Lipinski definition) is 1. The van der Waals surface area contributed by atoms with Crippen LogP contribution in [0.4, 0.5) is 10.1 Å². The number of alkyl halides is 1. The Kier molecular flexibility index (Phi) is 2.69. The molecule has 0 radical (unpaired) electrons. The van der Waals surface area contributed by atoms with Crippen LogP contribution in [0.25, 0.3) is 0 Å². The number of halogens is 1. The lowest BCUT2D eigenvalue weighted by Crippen LogP contribution is -2.26. The average Bonchev–Trinajstić information content (AvgIpc) is 2.17. The number of benzene rings is 1. The summed E-state index contributed by atoms with van der Waals surface area (Å²) in [5.74, 6) is -1.68. The van der Waals surface area contributed by atoms with Crippen molar-refractivity contribution >= 4 is 11.7 Å². The van der Waals surface area contributed by atoms with Gasteiger partial charge in [-0.05, 0) is 6.92 Å². The second-order valence-electron chi connectivity index (χ2n) is 3.12. The van der Waals surface area contributed by atoms with Crippen molar-refractivity contribution in [2.45, 2.75) is 12.6 Å². The molecular weight excluding hydrogens is 205 g/mol. The van der Waals surface area contributed by atoms with Crippen LogP contribution in [0, 0.1) is 10.1 Å². The Bertz CT molecular complexity index is 416. The summed E-state index contributed by atoms with van der Waals surface area (Å²) in [6.07, 6.45) is 0. The van der Waals surface area contributed by atoms with E-state index in [0.29, 0.717) is 0 Å². The van der Waals surface area contributed by atoms with Crippen molar-refractivity contribution in [2.75, 3.05) is 0 Å². The fourth-order valence-corrected chi connectivity index (χ4v) is 1.03. The van der Waals surface area contributed by atoms with Gasteiger partial charge in [-0.2, -0.15) is 0 Å². The van der Waals surface area contributed by atoms with E-state index in [9.17, 15) is 19.3 Å². The molecule has 0 fully saturated rings. The molecule has 1 aromatic rings. The number of nitrogens with zero attached hydrogens (tertiary/aromatic N) is 1. The second-order valence-corrected chi connectivity index (χ2v) is 3.12. The van der Waals surface area contributed by atoms with Gasteiger partial charge in [-0.25, -0.2) is 9.18 Å². The standard InChI is InChI=1S/C9H8FNO4/c1-9(10,8(12)13)6-3-2-4-7(5-6)11(14)15/h2-5H,1H3,(H,12,13). The molecule has 0 aliphatic rings. The molecule has 15 heavy (non-hydrogen) atoms. The maximum absolute atomic E-state index is 13.6. The van der Waals surface area contributed by atoms with E-state index < -0.39 is 16.6 Å². The first-order valence-corrected chi connectivity index (χ1v) is 4.03. The van der Waals surface area contributed by atoms with Gasteiger partial charge in [0, 0.05) is 17.7 Å². The molecule has 0 aromatic heterocycles. The molecule has 0 saturated heterocycles. The van der Waals surface area contributed by atoms with E-state index in [0.717, 1.165) is 13.0 Å².